The van der Waals surface area contributed by atoms with Gasteiger partial charge < -0.3 is 25.2 Å². The SMILES string of the molecule is COC(=O)C[C@@H](NC(=O)C(CC(C)C)NC(=O)OCC1c2ccccc2-c2ccccc21)C(=O)O. The number of rotatable bonds is 10. The van der Waals surface area contributed by atoms with Gasteiger partial charge in [-0.1, -0.05) is 62.4 Å². The highest BCUT2D eigenvalue weighted by Gasteiger charge is 2.31. The summed E-state index contributed by atoms with van der Waals surface area (Å²) in [5.41, 5.74) is 4.31. The Hall–Kier alpha value is -3.88. The van der Waals surface area contributed by atoms with Crippen LogP contribution in [0.25, 0.3) is 11.1 Å². The molecule has 0 spiro atoms. The van der Waals surface area contributed by atoms with E-state index in [1.54, 1.807) is 0 Å². The van der Waals surface area contributed by atoms with Crippen molar-refractivity contribution in [3.8, 4) is 11.1 Å². The van der Waals surface area contributed by atoms with Crippen LogP contribution in [0.3, 0.4) is 0 Å². The minimum Gasteiger partial charge on any atom is -0.480 e. The van der Waals surface area contributed by atoms with Crippen LogP contribution >= 0.6 is 0 Å². The molecule has 3 rings (SSSR count). The Morgan fingerprint density at radius 3 is 2.00 bits per heavy atom. The van der Waals surface area contributed by atoms with Crippen molar-refractivity contribution in [1.82, 2.24) is 10.6 Å². The lowest BCUT2D eigenvalue weighted by atomic mass is 9.98. The Bertz CT molecular complexity index is 1050. The van der Waals surface area contributed by atoms with Gasteiger partial charge in [0.2, 0.25) is 5.91 Å². The van der Waals surface area contributed by atoms with Crippen LogP contribution in [0.4, 0.5) is 4.79 Å². The third kappa shape index (κ3) is 6.38. The lowest BCUT2D eigenvalue weighted by Crippen LogP contribution is -2.52. The van der Waals surface area contributed by atoms with Gasteiger partial charge in [-0.05, 0) is 34.6 Å². The van der Waals surface area contributed by atoms with Gasteiger partial charge in [-0.25, -0.2) is 9.59 Å². The number of amides is 2. The third-order valence-electron chi connectivity index (χ3n) is 5.87. The van der Waals surface area contributed by atoms with Gasteiger partial charge in [0, 0.05) is 5.92 Å². The van der Waals surface area contributed by atoms with E-state index in [-0.39, 0.29) is 24.9 Å². The number of aliphatic carboxylic acids is 1. The van der Waals surface area contributed by atoms with Crippen LogP contribution in [-0.2, 0) is 23.9 Å². The smallest absolute Gasteiger partial charge is 0.407 e. The molecule has 0 fully saturated rings. The van der Waals surface area contributed by atoms with E-state index in [9.17, 15) is 24.3 Å². The zero-order chi connectivity index (χ0) is 25.5. The molecule has 2 aromatic carbocycles. The highest BCUT2D eigenvalue weighted by atomic mass is 16.5. The first-order valence-electron chi connectivity index (χ1n) is 11.4. The quantitative estimate of drug-likeness (QED) is 0.444. The predicted molar refractivity (Wildman–Crippen MR) is 128 cm³/mol. The molecule has 0 bridgehead atoms. The number of carboxylic acid groups (broad SMARTS) is 1. The summed E-state index contributed by atoms with van der Waals surface area (Å²) in [5, 5.41) is 14.2. The molecule has 0 saturated heterocycles. The van der Waals surface area contributed by atoms with Crippen molar-refractivity contribution in [2.24, 2.45) is 5.92 Å². The van der Waals surface area contributed by atoms with Gasteiger partial charge in [0.1, 0.15) is 18.7 Å². The Morgan fingerprint density at radius 1 is 0.914 bits per heavy atom. The van der Waals surface area contributed by atoms with Crippen LogP contribution in [0.5, 0.6) is 0 Å². The highest BCUT2D eigenvalue weighted by molar-refractivity contribution is 5.91. The molecule has 2 amide bonds. The standard InChI is InChI=1S/C26H30N2O7/c1-15(2)12-21(24(30)27-22(25(31)32)13-23(29)34-3)28-26(33)35-14-20-18-10-6-4-8-16(18)17-9-5-7-11-19(17)20/h4-11,15,20-22H,12-14H2,1-3H3,(H,27,30)(H,28,33)(H,31,32)/t21?,22-/m1/s1. The number of carbonyl (C=O) groups is 4. The average molecular weight is 483 g/mol. The Kier molecular flexibility index (Phi) is 8.46. The normalized spacial score (nSPS) is 13.8. The van der Waals surface area contributed by atoms with Crippen LogP contribution in [0.2, 0.25) is 0 Å². The van der Waals surface area contributed by atoms with Crippen molar-refractivity contribution < 1.29 is 33.8 Å². The molecule has 0 aromatic heterocycles. The summed E-state index contributed by atoms with van der Waals surface area (Å²) in [4.78, 5) is 48.4. The van der Waals surface area contributed by atoms with Gasteiger partial charge in [0.05, 0.1) is 13.5 Å². The summed E-state index contributed by atoms with van der Waals surface area (Å²) in [6.07, 6.45) is -1.06. The minimum atomic E-state index is -1.48. The molecule has 2 atom stereocenters. The minimum absolute atomic E-state index is 0.0171. The van der Waals surface area contributed by atoms with Crippen molar-refractivity contribution in [1.29, 1.82) is 0 Å². The molecule has 9 nitrogen and oxygen atoms in total. The van der Waals surface area contributed by atoms with E-state index in [0.29, 0.717) is 0 Å². The first kappa shape index (κ1) is 25.7. The molecule has 0 saturated carbocycles. The molecular weight excluding hydrogens is 452 g/mol. The molecule has 0 heterocycles. The van der Waals surface area contributed by atoms with E-state index in [4.69, 9.17) is 4.74 Å². The van der Waals surface area contributed by atoms with Crippen molar-refractivity contribution in [2.45, 2.75) is 44.7 Å². The van der Waals surface area contributed by atoms with Crippen molar-refractivity contribution in [2.75, 3.05) is 13.7 Å². The van der Waals surface area contributed by atoms with Gasteiger partial charge in [-0.3, -0.25) is 9.59 Å². The van der Waals surface area contributed by atoms with Crippen molar-refractivity contribution in [3.63, 3.8) is 0 Å². The Morgan fingerprint density at radius 2 is 1.49 bits per heavy atom. The van der Waals surface area contributed by atoms with Gasteiger partial charge in [0.25, 0.3) is 0 Å². The van der Waals surface area contributed by atoms with Gasteiger partial charge in [0.15, 0.2) is 0 Å². The molecule has 186 valence electrons. The number of hydrogen-bond acceptors (Lipinski definition) is 6. The Labute approximate surface area is 203 Å². The molecular formula is C26H30N2O7. The van der Waals surface area contributed by atoms with Crippen LogP contribution in [-0.4, -0.2) is 54.8 Å². The molecule has 1 aliphatic carbocycles. The number of methoxy groups -OCH3 is 1. The maximum absolute atomic E-state index is 12.8. The maximum atomic E-state index is 12.8. The summed E-state index contributed by atoms with van der Waals surface area (Å²) in [5.74, 6) is -3.00. The van der Waals surface area contributed by atoms with E-state index in [0.717, 1.165) is 29.4 Å². The second kappa shape index (κ2) is 11.5. The monoisotopic (exact) mass is 482 g/mol. The van der Waals surface area contributed by atoms with Crippen LogP contribution in [0, 0.1) is 5.92 Å². The molecule has 2 aromatic rings. The molecule has 9 heteroatoms. The summed E-state index contributed by atoms with van der Waals surface area (Å²) >= 11 is 0. The fourth-order valence-corrected chi connectivity index (χ4v) is 4.21. The fourth-order valence-electron chi connectivity index (χ4n) is 4.21. The largest absolute Gasteiger partial charge is 0.480 e. The topological polar surface area (TPSA) is 131 Å². The van der Waals surface area contributed by atoms with Crippen LogP contribution in [0.1, 0.15) is 43.7 Å². The zero-order valence-electron chi connectivity index (χ0n) is 19.9. The number of alkyl carbamates (subject to hydrolysis) is 1. The van der Waals surface area contributed by atoms with E-state index in [1.165, 1.54) is 0 Å². The molecule has 0 aliphatic heterocycles. The van der Waals surface area contributed by atoms with E-state index in [1.807, 2.05) is 62.4 Å². The summed E-state index contributed by atoms with van der Waals surface area (Å²) in [6, 6.07) is 13.4. The second-order valence-electron chi connectivity index (χ2n) is 8.83. The lowest BCUT2D eigenvalue weighted by Gasteiger charge is -2.23. The highest BCUT2D eigenvalue weighted by Crippen LogP contribution is 2.44. The number of ether oxygens (including phenoxy) is 2. The van der Waals surface area contributed by atoms with Crippen LogP contribution < -0.4 is 10.6 Å². The second-order valence-corrected chi connectivity index (χ2v) is 8.83. The number of hydrogen-bond donors (Lipinski definition) is 3. The third-order valence-corrected chi connectivity index (χ3v) is 5.87. The molecule has 1 aliphatic rings. The van der Waals surface area contributed by atoms with Gasteiger partial charge in [-0.15, -0.1) is 0 Å². The van der Waals surface area contributed by atoms with Crippen molar-refractivity contribution in [3.05, 3.63) is 59.7 Å². The summed E-state index contributed by atoms with van der Waals surface area (Å²) < 4.78 is 10.0. The number of esters is 1. The number of fused-ring (bicyclic) bond motifs is 3. The molecule has 0 radical (unpaired) electrons. The summed E-state index contributed by atoms with van der Waals surface area (Å²) in [6.45, 7) is 3.81. The average Bonchev–Trinajstić information content (AvgIpc) is 3.15. The van der Waals surface area contributed by atoms with Crippen LogP contribution in [0.15, 0.2) is 48.5 Å². The number of nitrogens with one attached hydrogen (secondary N) is 2. The number of carbonyl (C=O) groups excluding carboxylic acids is 3. The first-order chi connectivity index (χ1) is 16.7. The lowest BCUT2D eigenvalue weighted by molar-refractivity contribution is -0.149. The maximum Gasteiger partial charge on any atom is 0.407 e. The number of carboxylic acids is 1. The molecule has 3 N–H and O–H groups in total. The first-order valence-corrected chi connectivity index (χ1v) is 11.4. The molecule has 35 heavy (non-hydrogen) atoms. The number of benzene rings is 2. The zero-order valence-corrected chi connectivity index (χ0v) is 19.9. The molecule has 1 unspecified atom stereocenters. The van der Waals surface area contributed by atoms with Gasteiger partial charge in [-0.2, -0.15) is 0 Å². The van der Waals surface area contributed by atoms with E-state index >= 15 is 0 Å². The van der Waals surface area contributed by atoms with Gasteiger partial charge >= 0.3 is 18.0 Å². The Balaban J connectivity index is 1.66. The predicted octanol–water partition coefficient (Wildman–Crippen LogP) is 3.07. The summed E-state index contributed by atoms with van der Waals surface area (Å²) in [7, 11) is 1.13. The van der Waals surface area contributed by atoms with E-state index < -0.39 is 42.4 Å². The van der Waals surface area contributed by atoms with E-state index in [2.05, 4.69) is 15.4 Å². The van der Waals surface area contributed by atoms with Crippen molar-refractivity contribution >= 4 is 23.9 Å². The fraction of sp³-hybridized carbons (Fsp3) is 0.385.